The molecule has 0 bridgehead atoms. The molecule has 0 unspecified atom stereocenters. The molecule has 0 fully saturated rings. The zero-order chi connectivity index (χ0) is 19.4. The van der Waals surface area contributed by atoms with Crippen molar-refractivity contribution in [2.75, 3.05) is 6.61 Å². The standard InChI is InChI=1S/C20H21ClN2O4/c1-13(2)10-20(25)27-12-19(24)23-17(18-4-3-9-26-18)11-16(22-23)14-5-7-15(21)8-6-14/h3-9,13,17H,10-12H2,1-2H3/t17-/m1/s1. The number of halogens is 1. The second kappa shape index (κ2) is 8.39. The molecule has 1 amide bonds. The first-order valence-electron chi connectivity index (χ1n) is 8.78. The van der Waals surface area contributed by atoms with Crippen molar-refractivity contribution in [3.05, 3.63) is 59.0 Å². The van der Waals surface area contributed by atoms with Gasteiger partial charge in [0.15, 0.2) is 6.61 Å². The van der Waals surface area contributed by atoms with Gasteiger partial charge in [0.1, 0.15) is 11.8 Å². The highest BCUT2D eigenvalue weighted by molar-refractivity contribution is 6.30. The summed E-state index contributed by atoms with van der Waals surface area (Å²) < 4.78 is 10.6. The number of hydrogen-bond donors (Lipinski definition) is 0. The van der Waals surface area contributed by atoms with Crippen LogP contribution in [0.4, 0.5) is 0 Å². The summed E-state index contributed by atoms with van der Waals surface area (Å²) in [5, 5.41) is 6.44. The summed E-state index contributed by atoms with van der Waals surface area (Å²) in [4.78, 5) is 24.4. The first kappa shape index (κ1) is 19.2. The van der Waals surface area contributed by atoms with Gasteiger partial charge in [0.25, 0.3) is 5.91 Å². The molecule has 7 heteroatoms. The fourth-order valence-electron chi connectivity index (χ4n) is 2.86. The molecule has 0 N–H and O–H groups in total. The zero-order valence-corrected chi connectivity index (χ0v) is 16.0. The van der Waals surface area contributed by atoms with E-state index in [2.05, 4.69) is 5.10 Å². The highest BCUT2D eigenvalue weighted by Crippen LogP contribution is 2.33. The van der Waals surface area contributed by atoms with Crippen molar-refractivity contribution in [2.45, 2.75) is 32.7 Å². The van der Waals surface area contributed by atoms with Gasteiger partial charge in [0, 0.05) is 17.9 Å². The number of carbonyl (C=O) groups is 2. The van der Waals surface area contributed by atoms with Gasteiger partial charge in [-0.3, -0.25) is 9.59 Å². The van der Waals surface area contributed by atoms with E-state index in [9.17, 15) is 9.59 Å². The van der Waals surface area contributed by atoms with Crippen LogP contribution in [0.2, 0.25) is 5.02 Å². The van der Waals surface area contributed by atoms with Crippen molar-refractivity contribution in [2.24, 2.45) is 11.0 Å². The molecule has 0 spiro atoms. The van der Waals surface area contributed by atoms with Crippen molar-refractivity contribution in [3.8, 4) is 0 Å². The van der Waals surface area contributed by atoms with Gasteiger partial charge in [-0.25, -0.2) is 5.01 Å². The van der Waals surface area contributed by atoms with Crippen LogP contribution in [0.3, 0.4) is 0 Å². The Labute approximate surface area is 162 Å². The van der Waals surface area contributed by atoms with Crippen molar-refractivity contribution < 1.29 is 18.7 Å². The zero-order valence-electron chi connectivity index (χ0n) is 15.2. The highest BCUT2D eigenvalue weighted by Gasteiger charge is 2.35. The topological polar surface area (TPSA) is 72.1 Å². The van der Waals surface area contributed by atoms with Crippen molar-refractivity contribution in [1.29, 1.82) is 0 Å². The van der Waals surface area contributed by atoms with Gasteiger partial charge in [-0.2, -0.15) is 5.10 Å². The SMILES string of the molecule is CC(C)CC(=O)OCC(=O)N1N=C(c2ccc(Cl)cc2)C[C@@H]1c1ccco1. The number of esters is 1. The molecular formula is C20H21ClN2O4. The van der Waals surface area contributed by atoms with Crippen LogP contribution in [0.1, 0.15) is 44.1 Å². The molecule has 1 aliphatic heterocycles. The molecule has 27 heavy (non-hydrogen) atoms. The summed E-state index contributed by atoms with van der Waals surface area (Å²) in [5.74, 6) is 0.0147. The monoisotopic (exact) mass is 388 g/mol. The predicted octanol–water partition coefficient (Wildman–Crippen LogP) is 4.20. The predicted molar refractivity (Wildman–Crippen MR) is 101 cm³/mol. The number of furan rings is 1. The molecule has 142 valence electrons. The van der Waals surface area contributed by atoms with Crippen LogP contribution in [0, 0.1) is 5.92 Å². The van der Waals surface area contributed by atoms with E-state index in [0.717, 1.165) is 11.3 Å². The highest BCUT2D eigenvalue weighted by atomic mass is 35.5. The quantitative estimate of drug-likeness (QED) is 0.695. The molecule has 1 aromatic carbocycles. The number of rotatable bonds is 6. The number of amides is 1. The van der Waals surface area contributed by atoms with Crippen LogP contribution < -0.4 is 0 Å². The Kier molecular flexibility index (Phi) is 5.96. The largest absolute Gasteiger partial charge is 0.467 e. The third-order valence-corrected chi connectivity index (χ3v) is 4.40. The van der Waals surface area contributed by atoms with E-state index in [-0.39, 0.29) is 25.0 Å². The van der Waals surface area contributed by atoms with Gasteiger partial charge in [0.05, 0.1) is 12.0 Å². The molecule has 1 aliphatic rings. The third kappa shape index (κ3) is 4.77. The van der Waals surface area contributed by atoms with E-state index in [1.807, 2.05) is 26.0 Å². The van der Waals surface area contributed by atoms with Crippen LogP contribution in [0.5, 0.6) is 0 Å². The van der Waals surface area contributed by atoms with Gasteiger partial charge in [-0.15, -0.1) is 0 Å². The number of benzene rings is 1. The van der Waals surface area contributed by atoms with Crippen molar-refractivity contribution in [3.63, 3.8) is 0 Å². The summed E-state index contributed by atoms with van der Waals surface area (Å²) in [5.41, 5.74) is 1.62. The van der Waals surface area contributed by atoms with Crippen molar-refractivity contribution >= 4 is 29.2 Å². The summed E-state index contributed by atoms with van der Waals surface area (Å²) in [6.07, 6.45) is 2.33. The summed E-state index contributed by atoms with van der Waals surface area (Å²) in [7, 11) is 0. The lowest BCUT2D eigenvalue weighted by molar-refractivity contribution is -0.153. The van der Waals surface area contributed by atoms with Crippen LogP contribution in [-0.2, 0) is 14.3 Å². The molecular weight excluding hydrogens is 368 g/mol. The lowest BCUT2D eigenvalue weighted by Gasteiger charge is -2.19. The number of hydrogen-bond acceptors (Lipinski definition) is 5. The third-order valence-electron chi connectivity index (χ3n) is 4.15. The maximum atomic E-state index is 12.7. The minimum absolute atomic E-state index is 0.171. The summed E-state index contributed by atoms with van der Waals surface area (Å²) in [6.45, 7) is 3.48. The number of ether oxygens (including phenoxy) is 1. The van der Waals surface area contributed by atoms with Gasteiger partial charge in [-0.05, 0) is 35.7 Å². The normalized spacial score (nSPS) is 16.5. The first-order chi connectivity index (χ1) is 12.9. The fourth-order valence-corrected chi connectivity index (χ4v) is 2.99. The molecule has 0 saturated carbocycles. The second-order valence-electron chi connectivity index (χ2n) is 6.79. The Morgan fingerprint density at radius 2 is 2.04 bits per heavy atom. The number of nitrogens with zero attached hydrogens (tertiary/aromatic N) is 2. The van der Waals surface area contributed by atoms with E-state index in [1.165, 1.54) is 5.01 Å². The number of carbonyl (C=O) groups excluding carboxylic acids is 2. The summed E-state index contributed by atoms with van der Waals surface area (Å²) in [6, 6.07) is 10.5. The average molecular weight is 389 g/mol. The van der Waals surface area contributed by atoms with Crippen LogP contribution >= 0.6 is 11.6 Å². The lowest BCUT2D eigenvalue weighted by atomic mass is 10.0. The molecule has 3 rings (SSSR count). The maximum Gasteiger partial charge on any atom is 0.306 e. The fraction of sp³-hybridized carbons (Fsp3) is 0.350. The Morgan fingerprint density at radius 1 is 1.30 bits per heavy atom. The van der Waals surface area contributed by atoms with Crippen molar-refractivity contribution in [1.82, 2.24) is 5.01 Å². The minimum atomic E-state index is -0.394. The Morgan fingerprint density at radius 3 is 2.67 bits per heavy atom. The van der Waals surface area contributed by atoms with E-state index in [0.29, 0.717) is 17.2 Å². The molecule has 1 atom stereocenters. The molecule has 2 heterocycles. The van der Waals surface area contributed by atoms with Gasteiger partial charge < -0.3 is 9.15 Å². The smallest absolute Gasteiger partial charge is 0.306 e. The molecule has 2 aromatic rings. The lowest BCUT2D eigenvalue weighted by Crippen LogP contribution is -2.31. The first-order valence-corrected chi connectivity index (χ1v) is 9.16. The van der Waals surface area contributed by atoms with Crippen LogP contribution in [0.15, 0.2) is 52.2 Å². The van der Waals surface area contributed by atoms with Crippen LogP contribution in [-0.4, -0.2) is 29.2 Å². The molecule has 0 saturated heterocycles. The molecule has 6 nitrogen and oxygen atoms in total. The number of hydrazone groups is 1. The molecule has 0 aliphatic carbocycles. The van der Waals surface area contributed by atoms with E-state index in [4.69, 9.17) is 20.8 Å². The van der Waals surface area contributed by atoms with E-state index >= 15 is 0 Å². The van der Waals surface area contributed by atoms with Gasteiger partial charge >= 0.3 is 5.97 Å². The van der Waals surface area contributed by atoms with E-state index in [1.54, 1.807) is 30.5 Å². The minimum Gasteiger partial charge on any atom is -0.467 e. The maximum absolute atomic E-state index is 12.7. The molecule has 1 aromatic heterocycles. The van der Waals surface area contributed by atoms with Crippen LogP contribution in [0.25, 0.3) is 0 Å². The van der Waals surface area contributed by atoms with Gasteiger partial charge in [0.2, 0.25) is 0 Å². The summed E-state index contributed by atoms with van der Waals surface area (Å²) >= 11 is 5.95. The Hall–Kier alpha value is -2.60. The van der Waals surface area contributed by atoms with Gasteiger partial charge in [-0.1, -0.05) is 37.6 Å². The molecule has 0 radical (unpaired) electrons. The average Bonchev–Trinajstić information content (AvgIpc) is 3.29. The Balaban J connectivity index is 1.76. The second-order valence-corrected chi connectivity index (χ2v) is 7.22. The van der Waals surface area contributed by atoms with E-state index < -0.39 is 11.9 Å². The Bertz CT molecular complexity index is 828.